The Labute approximate surface area is 155 Å². The summed E-state index contributed by atoms with van der Waals surface area (Å²) in [5.41, 5.74) is 1.92. The van der Waals surface area contributed by atoms with E-state index in [1.807, 2.05) is 54.6 Å². The number of hydrogen-bond acceptors (Lipinski definition) is 3. The molecular formula is C21H26N2O3. The summed E-state index contributed by atoms with van der Waals surface area (Å²) < 4.78 is 5.33. The van der Waals surface area contributed by atoms with Crippen LogP contribution < -0.4 is 10.1 Å². The van der Waals surface area contributed by atoms with Crippen LogP contribution in [-0.4, -0.2) is 37.9 Å². The molecule has 0 radical (unpaired) electrons. The maximum atomic E-state index is 12.5. The zero-order chi connectivity index (χ0) is 18.9. The molecule has 0 aliphatic carbocycles. The first-order valence-electron chi connectivity index (χ1n) is 8.67. The van der Waals surface area contributed by atoms with E-state index in [0.29, 0.717) is 12.8 Å². The summed E-state index contributed by atoms with van der Waals surface area (Å²) in [6.45, 7) is 0. The van der Waals surface area contributed by atoms with Gasteiger partial charge in [-0.2, -0.15) is 0 Å². The molecule has 0 bridgehead atoms. The Kier molecular flexibility index (Phi) is 7.21. The van der Waals surface area contributed by atoms with Gasteiger partial charge in [0.1, 0.15) is 5.75 Å². The summed E-state index contributed by atoms with van der Waals surface area (Å²) in [6.07, 6.45) is 1.15. The molecule has 5 heteroatoms. The van der Waals surface area contributed by atoms with Gasteiger partial charge in [-0.25, -0.2) is 0 Å². The van der Waals surface area contributed by atoms with E-state index in [1.165, 1.54) is 4.90 Å². The van der Waals surface area contributed by atoms with Crippen molar-refractivity contribution in [2.45, 2.75) is 25.3 Å². The lowest BCUT2D eigenvalue weighted by atomic mass is 10.0. The number of hydrogen-bond donors (Lipinski definition) is 1. The Bertz CT molecular complexity index is 729. The lowest BCUT2D eigenvalue weighted by Gasteiger charge is -2.21. The van der Waals surface area contributed by atoms with Gasteiger partial charge in [0.25, 0.3) is 0 Å². The largest absolute Gasteiger partial charge is 0.496 e. The number of nitrogens with one attached hydrogen (secondary N) is 1. The second kappa shape index (κ2) is 9.61. The van der Waals surface area contributed by atoms with Gasteiger partial charge in [-0.1, -0.05) is 48.5 Å². The highest BCUT2D eigenvalue weighted by Gasteiger charge is 2.19. The smallest absolute Gasteiger partial charge is 0.224 e. The van der Waals surface area contributed by atoms with Gasteiger partial charge in [-0.3, -0.25) is 9.59 Å². The van der Waals surface area contributed by atoms with Gasteiger partial charge < -0.3 is 15.0 Å². The highest BCUT2D eigenvalue weighted by molar-refractivity contribution is 5.80. The summed E-state index contributed by atoms with van der Waals surface area (Å²) >= 11 is 0. The van der Waals surface area contributed by atoms with Crippen molar-refractivity contribution in [3.63, 3.8) is 0 Å². The van der Waals surface area contributed by atoms with Crippen LogP contribution in [0, 0.1) is 0 Å². The Hall–Kier alpha value is -2.82. The number of aryl methyl sites for hydroxylation is 1. The van der Waals surface area contributed by atoms with Crippen molar-refractivity contribution in [2.24, 2.45) is 0 Å². The Morgan fingerprint density at radius 2 is 1.69 bits per heavy atom. The van der Waals surface area contributed by atoms with E-state index in [2.05, 4.69) is 5.32 Å². The van der Waals surface area contributed by atoms with E-state index in [9.17, 15) is 9.59 Å². The number of para-hydroxylation sites is 1. The molecule has 0 aliphatic heterocycles. The number of benzene rings is 2. The topological polar surface area (TPSA) is 58.6 Å². The van der Waals surface area contributed by atoms with E-state index in [-0.39, 0.29) is 24.3 Å². The molecule has 0 fully saturated rings. The molecular weight excluding hydrogens is 328 g/mol. The molecule has 2 amide bonds. The molecule has 2 aromatic rings. The molecule has 0 aromatic heterocycles. The van der Waals surface area contributed by atoms with Gasteiger partial charge in [0, 0.05) is 20.5 Å². The van der Waals surface area contributed by atoms with Crippen LogP contribution in [0.1, 0.15) is 30.0 Å². The van der Waals surface area contributed by atoms with E-state index in [4.69, 9.17) is 4.74 Å². The minimum Gasteiger partial charge on any atom is -0.496 e. The van der Waals surface area contributed by atoms with Crippen molar-refractivity contribution in [1.29, 1.82) is 0 Å². The normalized spacial score (nSPS) is 11.5. The average Bonchev–Trinajstić information content (AvgIpc) is 2.66. The first-order valence-corrected chi connectivity index (χ1v) is 8.67. The molecule has 0 heterocycles. The number of ether oxygens (including phenoxy) is 1. The van der Waals surface area contributed by atoms with Crippen LogP contribution in [0.2, 0.25) is 0 Å². The van der Waals surface area contributed by atoms with Crippen LogP contribution in [0.25, 0.3) is 0 Å². The molecule has 26 heavy (non-hydrogen) atoms. The number of rotatable bonds is 8. The van der Waals surface area contributed by atoms with Crippen LogP contribution in [0.4, 0.5) is 0 Å². The van der Waals surface area contributed by atoms with Gasteiger partial charge in [-0.05, 0) is 23.6 Å². The number of carbonyl (C=O) groups excluding carboxylic acids is 2. The van der Waals surface area contributed by atoms with E-state index < -0.39 is 0 Å². The molecule has 0 saturated carbocycles. The fourth-order valence-electron chi connectivity index (χ4n) is 2.72. The van der Waals surface area contributed by atoms with E-state index in [0.717, 1.165) is 16.9 Å². The van der Waals surface area contributed by atoms with Crippen molar-refractivity contribution >= 4 is 11.8 Å². The fraction of sp³-hybridized carbons (Fsp3) is 0.333. The third-order valence-corrected chi connectivity index (χ3v) is 4.23. The summed E-state index contributed by atoms with van der Waals surface area (Å²) in [5, 5.41) is 3.00. The van der Waals surface area contributed by atoms with Crippen LogP contribution in [0.5, 0.6) is 5.75 Å². The maximum absolute atomic E-state index is 12.5. The fourth-order valence-corrected chi connectivity index (χ4v) is 2.72. The van der Waals surface area contributed by atoms with Gasteiger partial charge in [0.05, 0.1) is 19.6 Å². The SMILES string of the molecule is COc1ccccc1CCC(=O)N[C@@H](CC(=O)N(C)C)c1ccccc1. The van der Waals surface area contributed by atoms with E-state index in [1.54, 1.807) is 21.2 Å². The third kappa shape index (κ3) is 5.62. The zero-order valence-electron chi connectivity index (χ0n) is 15.6. The van der Waals surface area contributed by atoms with Crippen LogP contribution >= 0.6 is 0 Å². The quantitative estimate of drug-likeness (QED) is 0.793. The first-order chi connectivity index (χ1) is 12.5. The van der Waals surface area contributed by atoms with Crippen molar-refractivity contribution in [1.82, 2.24) is 10.2 Å². The second-order valence-electron chi connectivity index (χ2n) is 6.33. The van der Waals surface area contributed by atoms with Crippen LogP contribution in [0.15, 0.2) is 54.6 Å². The lowest BCUT2D eigenvalue weighted by molar-refractivity contribution is -0.129. The minimum absolute atomic E-state index is 0.0242. The molecule has 2 rings (SSSR count). The monoisotopic (exact) mass is 354 g/mol. The molecule has 1 atom stereocenters. The van der Waals surface area contributed by atoms with Crippen molar-refractivity contribution < 1.29 is 14.3 Å². The van der Waals surface area contributed by atoms with Crippen molar-refractivity contribution in [3.8, 4) is 5.75 Å². The summed E-state index contributed by atoms with van der Waals surface area (Å²) in [5.74, 6) is 0.669. The predicted molar refractivity (Wildman–Crippen MR) is 102 cm³/mol. The van der Waals surface area contributed by atoms with E-state index >= 15 is 0 Å². The molecule has 138 valence electrons. The molecule has 0 saturated heterocycles. The zero-order valence-corrected chi connectivity index (χ0v) is 15.6. The highest BCUT2D eigenvalue weighted by atomic mass is 16.5. The molecule has 1 N–H and O–H groups in total. The van der Waals surface area contributed by atoms with Crippen molar-refractivity contribution in [2.75, 3.05) is 21.2 Å². The standard InChI is InChI=1S/C21H26N2O3/c1-23(2)21(25)15-18(16-9-5-4-6-10-16)22-20(24)14-13-17-11-7-8-12-19(17)26-3/h4-12,18H,13-15H2,1-3H3,(H,22,24)/t18-/m0/s1. The lowest BCUT2D eigenvalue weighted by Crippen LogP contribution is -2.33. The van der Waals surface area contributed by atoms with Crippen LogP contribution in [-0.2, 0) is 16.0 Å². The molecule has 0 spiro atoms. The summed E-state index contributed by atoms with van der Waals surface area (Å²) in [6, 6.07) is 16.9. The molecule has 5 nitrogen and oxygen atoms in total. The summed E-state index contributed by atoms with van der Waals surface area (Å²) in [4.78, 5) is 26.1. The molecule has 2 aromatic carbocycles. The predicted octanol–water partition coefficient (Wildman–Crippen LogP) is 2.96. The van der Waals surface area contributed by atoms with Gasteiger partial charge in [-0.15, -0.1) is 0 Å². The molecule has 0 unspecified atom stereocenters. The van der Waals surface area contributed by atoms with Gasteiger partial charge in [0.2, 0.25) is 11.8 Å². The van der Waals surface area contributed by atoms with Crippen molar-refractivity contribution in [3.05, 3.63) is 65.7 Å². The average molecular weight is 354 g/mol. The molecule has 0 aliphatic rings. The second-order valence-corrected chi connectivity index (χ2v) is 6.33. The maximum Gasteiger partial charge on any atom is 0.224 e. The number of amides is 2. The Morgan fingerprint density at radius 3 is 2.35 bits per heavy atom. The highest BCUT2D eigenvalue weighted by Crippen LogP contribution is 2.20. The first kappa shape index (κ1) is 19.5. The number of nitrogens with zero attached hydrogens (tertiary/aromatic N) is 1. The van der Waals surface area contributed by atoms with Gasteiger partial charge in [0.15, 0.2) is 0 Å². The number of methoxy groups -OCH3 is 1. The third-order valence-electron chi connectivity index (χ3n) is 4.23. The minimum atomic E-state index is -0.337. The van der Waals surface area contributed by atoms with Gasteiger partial charge >= 0.3 is 0 Å². The summed E-state index contributed by atoms with van der Waals surface area (Å²) in [7, 11) is 5.05. The Morgan fingerprint density at radius 1 is 1.04 bits per heavy atom. The van der Waals surface area contributed by atoms with Crippen LogP contribution in [0.3, 0.4) is 0 Å². The number of carbonyl (C=O) groups is 2. The Balaban J connectivity index is 2.02.